The van der Waals surface area contributed by atoms with Crippen LogP contribution in [0.25, 0.3) is 0 Å². The molecule has 0 aromatic carbocycles. The van der Waals surface area contributed by atoms with E-state index in [1.807, 2.05) is 0 Å². The molecule has 0 radical (unpaired) electrons. The van der Waals surface area contributed by atoms with Crippen molar-refractivity contribution in [2.75, 3.05) is 25.4 Å². The van der Waals surface area contributed by atoms with Gasteiger partial charge in [0.15, 0.2) is 5.12 Å². The predicted octanol–water partition coefficient (Wildman–Crippen LogP) is -3.37. The number of aliphatic hydroxyl groups excluding tert-OH is 1. The van der Waals surface area contributed by atoms with Crippen LogP contribution in [-0.2, 0) is 28.3 Å². The van der Waals surface area contributed by atoms with Crippen molar-refractivity contribution in [2.45, 2.75) is 39.2 Å². The number of aliphatic carboxylic acids is 1. The van der Waals surface area contributed by atoms with E-state index in [1.165, 1.54) is 13.8 Å². The number of hydrogen-bond donors (Lipinski definition) is 3. The normalized spacial score (nSPS) is 12.9. The molecule has 0 aliphatic carbocycles. The molecule has 0 aromatic heterocycles. The first-order valence-corrected chi connectivity index (χ1v) is 10.9. The summed E-state index contributed by atoms with van der Waals surface area (Å²) in [6.07, 6.45) is -2.31. The van der Waals surface area contributed by atoms with E-state index in [0.29, 0.717) is 0 Å². The zero-order valence-electron chi connectivity index (χ0n) is 16.0. The highest BCUT2D eigenvalue weighted by molar-refractivity contribution is 8.13. The number of carbonyl (C=O) groups is 4. The Bertz CT molecular complexity index is 637. The van der Waals surface area contributed by atoms with Crippen LogP contribution in [0.5, 0.6) is 0 Å². The van der Waals surface area contributed by atoms with Gasteiger partial charge in [0.1, 0.15) is 6.10 Å². The highest BCUT2D eigenvalue weighted by atomic mass is 32.2. The molecule has 0 fully saturated rings. The minimum Gasteiger partial charge on any atom is -0.790 e. The molecule has 14 heteroatoms. The van der Waals surface area contributed by atoms with E-state index >= 15 is 0 Å². The Morgan fingerprint density at radius 1 is 1.10 bits per heavy atom. The van der Waals surface area contributed by atoms with Gasteiger partial charge < -0.3 is 44.5 Å². The Hall–Kier alpha value is -1.50. The van der Waals surface area contributed by atoms with E-state index in [2.05, 4.69) is 15.2 Å². The molecule has 12 nitrogen and oxygen atoms in total. The second kappa shape index (κ2) is 12.9. The van der Waals surface area contributed by atoms with Crippen LogP contribution < -0.4 is 25.5 Å². The fourth-order valence-electron chi connectivity index (χ4n) is 1.80. The summed E-state index contributed by atoms with van der Waals surface area (Å²) in [5, 5.41) is 24.6. The van der Waals surface area contributed by atoms with E-state index in [1.54, 1.807) is 0 Å². The summed E-state index contributed by atoms with van der Waals surface area (Å²) in [4.78, 5) is 66.1. The van der Waals surface area contributed by atoms with Crippen LogP contribution in [0.3, 0.4) is 0 Å². The van der Waals surface area contributed by atoms with Crippen LogP contribution in [0.4, 0.5) is 0 Å². The molecule has 0 saturated heterocycles. The molecule has 0 saturated carbocycles. The SMILES string of the molecule is CC(C)(COP(=O)([O-])[O-])[C@@H](O)C(=O)NCCC(=O)NCCSC(=O)CCC(=O)[O-]. The van der Waals surface area contributed by atoms with Crippen LogP contribution in [0.1, 0.15) is 33.1 Å². The van der Waals surface area contributed by atoms with Crippen molar-refractivity contribution in [3.05, 3.63) is 0 Å². The fourth-order valence-corrected chi connectivity index (χ4v) is 2.96. The van der Waals surface area contributed by atoms with E-state index in [9.17, 15) is 43.7 Å². The third kappa shape index (κ3) is 14.2. The van der Waals surface area contributed by atoms with Crippen molar-refractivity contribution in [3.63, 3.8) is 0 Å². The molecular formula is C15H24N2O10PS-3. The molecule has 0 rings (SSSR count). The van der Waals surface area contributed by atoms with Crippen molar-refractivity contribution >= 4 is 42.5 Å². The Balaban J connectivity index is 4.05. The number of nitrogens with one attached hydrogen (secondary N) is 2. The van der Waals surface area contributed by atoms with Crippen LogP contribution >= 0.6 is 19.6 Å². The molecule has 0 bridgehead atoms. The Morgan fingerprint density at radius 2 is 1.72 bits per heavy atom. The molecule has 1 atom stereocenters. The number of phosphoric acid groups is 1. The maximum absolute atomic E-state index is 11.9. The summed E-state index contributed by atoms with van der Waals surface area (Å²) in [5.74, 6) is -2.36. The third-order valence-electron chi connectivity index (χ3n) is 3.46. The molecular weight excluding hydrogens is 431 g/mol. The minimum absolute atomic E-state index is 0.113. The van der Waals surface area contributed by atoms with Crippen molar-refractivity contribution in [1.29, 1.82) is 0 Å². The van der Waals surface area contributed by atoms with Gasteiger partial charge in [-0.3, -0.25) is 14.4 Å². The third-order valence-corrected chi connectivity index (χ3v) is 4.83. The van der Waals surface area contributed by atoms with Gasteiger partial charge >= 0.3 is 0 Å². The molecule has 0 heterocycles. The Morgan fingerprint density at radius 3 is 2.28 bits per heavy atom. The Labute approximate surface area is 172 Å². The highest BCUT2D eigenvalue weighted by Gasteiger charge is 2.34. The number of aliphatic hydroxyl groups is 1. The van der Waals surface area contributed by atoms with Crippen LogP contribution in [0.15, 0.2) is 0 Å². The molecule has 0 aliphatic heterocycles. The number of phosphoric ester groups is 1. The molecule has 0 spiro atoms. The van der Waals surface area contributed by atoms with Crippen molar-refractivity contribution in [3.8, 4) is 0 Å². The van der Waals surface area contributed by atoms with Gasteiger partial charge in [-0.15, -0.1) is 0 Å². The van der Waals surface area contributed by atoms with Crippen molar-refractivity contribution in [1.82, 2.24) is 10.6 Å². The standard InChI is InChI=1S/C15H27N2O10PS/c1-15(2,9-27-28(24,25)26)13(22)14(23)17-6-5-10(18)16-7-8-29-12(21)4-3-11(19)20/h13,22H,3-9H2,1-2H3,(H,16,18)(H,17,23)(H,19,20)(H2,24,25,26)/p-3/t13-/m0/s1. The largest absolute Gasteiger partial charge is 0.790 e. The smallest absolute Gasteiger partial charge is 0.249 e. The number of rotatable bonds is 14. The lowest BCUT2D eigenvalue weighted by molar-refractivity contribution is -0.343. The fraction of sp³-hybridized carbons (Fsp3) is 0.733. The average molecular weight is 455 g/mol. The first-order valence-electron chi connectivity index (χ1n) is 8.49. The van der Waals surface area contributed by atoms with Crippen molar-refractivity contribution in [2.24, 2.45) is 5.41 Å². The molecule has 0 unspecified atom stereocenters. The Kier molecular flexibility index (Phi) is 12.3. The van der Waals surface area contributed by atoms with Crippen LogP contribution in [0.2, 0.25) is 0 Å². The summed E-state index contributed by atoms with van der Waals surface area (Å²) in [7, 11) is -5.24. The zero-order chi connectivity index (χ0) is 22.7. The lowest BCUT2D eigenvalue weighted by Gasteiger charge is -2.35. The predicted molar refractivity (Wildman–Crippen MR) is 95.7 cm³/mol. The number of carbonyl (C=O) groups excluding carboxylic acids is 4. The molecule has 3 N–H and O–H groups in total. The van der Waals surface area contributed by atoms with Gasteiger partial charge in [-0.25, -0.2) is 0 Å². The first-order chi connectivity index (χ1) is 13.2. The van der Waals surface area contributed by atoms with Gasteiger partial charge in [0.05, 0.1) is 14.4 Å². The van der Waals surface area contributed by atoms with Gasteiger partial charge in [-0.2, -0.15) is 0 Å². The van der Waals surface area contributed by atoms with E-state index in [-0.39, 0.29) is 43.2 Å². The number of amides is 2. The summed E-state index contributed by atoms with van der Waals surface area (Å²) in [5.41, 5.74) is -1.36. The summed E-state index contributed by atoms with van der Waals surface area (Å²) in [6.45, 7) is 2.01. The first kappa shape index (κ1) is 27.5. The average Bonchev–Trinajstić information content (AvgIpc) is 2.60. The van der Waals surface area contributed by atoms with E-state index < -0.39 is 43.7 Å². The van der Waals surface area contributed by atoms with Gasteiger partial charge in [-0.05, 0) is 6.42 Å². The van der Waals surface area contributed by atoms with E-state index in [0.717, 1.165) is 11.8 Å². The van der Waals surface area contributed by atoms with Gasteiger partial charge in [0, 0.05) is 43.1 Å². The number of carboxylic acid groups (broad SMARTS) is 1. The molecule has 0 aliphatic rings. The van der Waals surface area contributed by atoms with Gasteiger partial charge in [0.2, 0.25) is 11.8 Å². The quantitative estimate of drug-likeness (QED) is 0.174. The highest BCUT2D eigenvalue weighted by Crippen LogP contribution is 2.31. The maximum atomic E-state index is 11.9. The summed E-state index contributed by atoms with van der Waals surface area (Å²) < 4.78 is 14.6. The number of hydrogen-bond acceptors (Lipinski definition) is 11. The summed E-state index contributed by atoms with van der Waals surface area (Å²) in [6, 6.07) is 0. The van der Waals surface area contributed by atoms with Crippen LogP contribution in [0, 0.1) is 5.41 Å². The molecule has 168 valence electrons. The second-order valence-corrected chi connectivity index (χ2v) is 8.90. The monoisotopic (exact) mass is 455 g/mol. The molecule has 0 aromatic rings. The zero-order valence-corrected chi connectivity index (χ0v) is 17.7. The van der Waals surface area contributed by atoms with Crippen LogP contribution in [-0.4, -0.2) is 59.6 Å². The number of carboxylic acids is 1. The molecule has 29 heavy (non-hydrogen) atoms. The topological polar surface area (TPSA) is 208 Å². The summed E-state index contributed by atoms with van der Waals surface area (Å²) >= 11 is 0.878. The van der Waals surface area contributed by atoms with Gasteiger partial charge in [0.25, 0.3) is 0 Å². The minimum atomic E-state index is -5.24. The molecule has 2 amide bonds. The van der Waals surface area contributed by atoms with Gasteiger partial charge in [-0.1, -0.05) is 25.6 Å². The van der Waals surface area contributed by atoms with Crippen molar-refractivity contribution < 1.29 is 48.3 Å². The number of thioether (sulfide) groups is 1. The lowest BCUT2D eigenvalue weighted by atomic mass is 9.87. The second-order valence-electron chi connectivity index (χ2n) is 6.60. The van der Waals surface area contributed by atoms with E-state index in [4.69, 9.17) is 0 Å². The lowest BCUT2D eigenvalue weighted by Crippen LogP contribution is -2.46. The maximum Gasteiger partial charge on any atom is 0.249 e.